The van der Waals surface area contributed by atoms with Gasteiger partial charge in [0.25, 0.3) is 5.91 Å². The maximum absolute atomic E-state index is 11.9. The number of para-hydroxylation sites is 1. The molecule has 2 aromatic rings. The highest BCUT2D eigenvalue weighted by molar-refractivity contribution is 6.34. The lowest BCUT2D eigenvalue weighted by Gasteiger charge is -2.04. The van der Waals surface area contributed by atoms with Crippen LogP contribution in [0.4, 0.5) is 0 Å². The second-order valence-corrected chi connectivity index (χ2v) is 4.62. The molecule has 0 aliphatic carbocycles. The summed E-state index contributed by atoms with van der Waals surface area (Å²) in [6.07, 6.45) is 1.85. The van der Waals surface area contributed by atoms with Gasteiger partial charge in [0, 0.05) is 11.9 Å². The first-order valence-electron chi connectivity index (χ1n) is 6.14. The van der Waals surface area contributed by atoms with E-state index in [4.69, 9.17) is 16.0 Å². The van der Waals surface area contributed by atoms with Crippen molar-refractivity contribution in [1.82, 2.24) is 5.32 Å². The topological polar surface area (TPSA) is 59.3 Å². The SMILES string of the molecule is CCCCNC(=O)c1cc2cccc(Cl)c2oc1=O. The summed E-state index contributed by atoms with van der Waals surface area (Å²) in [5.41, 5.74) is -0.361. The molecule has 4 nitrogen and oxygen atoms in total. The summed E-state index contributed by atoms with van der Waals surface area (Å²) in [5, 5.41) is 3.67. The maximum Gasteiger partial charge on any atom is 0.349 e. The van der Waals surface area contributed by atoms with Crippen molar-refractivity contribution in [3.05, 3.63) is 45.3 Å². The fourth-order valence-electron chi connectivity index (χ4n) is 1.74. The first-order chi connectivity index (χ1) is 9.13. The number of rotatable bonds is 4. The molecular formula is C14H14ClNO3. The van der Waals surface area contributed by atoms with Crippen LogP contribution in [0.1, 0.15) is 30.1 Å². The summed E-state index contributed by atoms with van der Waals surface area (Å²) in [7, 11) is 0. The van der Waals surface area contributed by atoms with Crippen molar-refractivity contribution in [1.29, 1.82) is 0 Å². The summed E-state index contributed by atoms with van der Waals surface area (Å²) in [4.78, 5) is 23.6. The molecule has 1 aromatic carbocycles. The van der Waals surface area contributed by atoms with Gasteiger partial charge in [-0.15, -0.1) is 0 Å². The summed E-state index contributed by atoms with van der Waals surface area (Å²) in [6.45, 7) is 2.57. The molecule has 0 atom stereocenters. The molecule has 0 aliphatic rings. The van der Waals surface area contributed by atoms with E-state index in [1.807, 2.05) is 6.92 Å². The monoisotopic (exact) mass is 279 g/mol. The van der Waals surface area contributed by atoms with E-state index in [0.717, 1.165) is 12.8 Å². The van der Waals surface area contributed by atoms with Crippen LogP contribution in [0.25, 0.3) is 11.0 Å². The number of halogens is 1. The number of hydrogen-bond acceptors (Lipinski definition) is 3. The van der Waals surface area contributed by atoms with Crippen molar-refractivity contribution in [3.8, 4) is 0 Å². The molecule has 0 saturated heterocycles. The predicted octanol–water partition coefficient (Wildman–Crippen LogP) is 2.98. The van der Waals surface area contributed by atoms with Gasteiger partial charge in [0.15, 0.2) is 5.58 Å². The van der Waals surface area contributed by atoms with Crippen LogP contribution in [0.2, 0.25) is 5.02 Å². The van der Waals surface area contributed by atoms with E-state index in [2.05, 4.69) is 5.32 Å². The zero-order valence-electron chi connectivity index (χ0n) is 10.5. The maximum atomic E-state index is 11.9. The van der Waals surface area contributed by atoms with E-state index >= 15 is 0 Å². The second kappa shape index (κ2) is 5.89. The fourth-order valence-corrected chi connectivity index (χ4v) is 1.96. The van der Waals surface area contributed by atoms with Crippen molar-refractivity contribution < 1.29 is 9.21 Å². The van der Waals surface area contributed by atoms with E-state index in [-0.39, 0.29) is 5.56 Å². The quantitative estimate of drug-likeness (QED) is 0.691. The van der Waals surface area contributed by atoms with E-state index in [0.29, 0.717) is 22.5 Å². The van der Waals surface area contributed by atoms with Gasteiger partial charge in [-0.1, -0.05) is 37.1 Å². The number of fused-ring (bicyclic) bond motifs is 1. The molecule has 0 spiro atoms. The number of unbranched alkanes of at least 4 members (excludes halogenated alkanes) is 1. The largest absolute Gasteiger partial charge is 0.421 e. The van der Waals surface area contributed by atoms with Gasteiger partial charge in [-0.2, -0.15) is 0 Å². The lowest BCUT2D eigenvalue weighted by atomic mass is 10.2. The number of nitrogens with one attached hydrogen (secondary N) is 1. The molecule has 1 aromatic heterocycles. The van der Waals surface area contributed by atoms with Gasteiger partial charge in [0.2, 0.25) is 0 Å². The van der Waals surface area contributed by atoms with Gasteiger partial charge < -0.3 is 9.73 Å². The molecule has 1 heterocycles. The van der Waals surface area contributed by atoms with Crippen molar-refractivity contribution in [2.24, 2.45) is 0 Å². The van der Waals surface area contributed by atoms with Crippen molar-refractivity contribution in [2.75, 3.05) is 6.54 Å². The second-order valence-electron chi connectivity index (χ2n) is 4.22. The third-order valence-electron chi connectivity index (χ3n) is 2.77. The molecule has 0 saturated carbocycles. The Morgan fingerprint density at radius 2 is 2.21 bits per heavy atom. The first-order valence-corrected chi connectivity index (χ1v) is 6.52. The standard InChI is InChI=1S/C14H14ClNO3/c1-2-3-7-16-13(17)10-8-9-5-4-6-11(15)12(9)19-14(10)18/h4-6,8H,2-3,7H2,1H3,(H,16,17). The Kier molecular flexibility index (Phi) is 4.22. The number of amides is 1. The van der Waals surface area contributed by atoms with Crippen LogP contribution in [-0.2, 0) is 0 Å². The first kappa shape index (κ1) is 13.6. The van der Waals surface area contributed by atoms with E-state index in [9.17, 15) is 9.59 Å². The smallest absolute Gasteiger partial charge is 0.349 e. The lowest BCUT2D eigenvalue weighted by molar-refractivity contribution is 0.0949. The summed E-state index contributed by atoms with van der Waals surface area (Å²) in [5.74, 6) is -0.413. The van der Waals surface area contributed by atoms with E-state index in [1.165, 1.54) is 6.07 Å². The lowest BCUT2D eigenvalue weighted by Crippen LogP contribution is -2.28. The van der Waals surface area contributed by atoms with Crippen molar-refractivity contribution in [3.63, 3.8) is 0 Å². The normalized spacial score (nSPS) is 10.6. The van der Waals surface area contributed by atoms with E-state index in [1.54, 1.807) is 18.2 Å². The van der Waals surface area contributed by atoms with Gasteiger partial charge in [0.05, 0.1) is 5.02 Å². The average Bonchev–Trinajstić information content (AvgIpc) is 2.39. The van der Waals surface area contributed by atoms with Crippen LogP contribution in [0.15, 0.2) is 33.5 Å². The molecule has 1 N–H and O–H groups in total. The Morgan fingerprint density at radius 1 is 1.42 bits per heavy atom. The van der Waals surface area contributed by atoms with Crippen LogP contribution >= 0.6 is 11.6 Å². The third kappa shape index (κ3) is 2.96. The Bertz CT molecular complexity index is 663. The molecule has 100 valence electrons. The zero-order valence-corrected chi connectivity index (χ0v) is 11.3. The summed E-state index contributed by atoms with van der Waals surface area (Å²) < 4.78 is 5.10. The van der Waals surface area contributed by atoms with Gasteiger partial charge in [-0.05, 0) is 18.6 Å². The van der Waals surface area contributed by atoms with Gasteiger partial charge in [-0.25, -0.2) is 4.79 Å². The number of hydrogen-bond donors (Lipinski definition) is 1. The van der Waals surface area contributed by atoms with Crippen LogP contribution in [0.3, 0.4) is 0 Å². The molecular weight excluding hydrogens is 266 g/mol. The summed E-state index contributed by atoms with van der Waals surface area (Å²) in [6, 6.07) is 6.62. The van der Waals surface area contributed by atoms with Gasteiger partial charge in [-0.3, -0.25) is 4.79 Å². The third-order valence-corrected chi connectivity index (χ3v) is 3.07. The molecule has 0 radical (unpaired) electrons. The molecule has 19 heavy (non-hydrogen) atoms. The zero-order chi connectivity index (χ0) is 13.8. The Balaban J connectivity index is 2.36. The number of carbonyl (C=O) groups excluding carboxylic acids is 1. The molecule has 0 unspecified atom stereocenters. The minimum absolute atomic E-state index is 0.00543. The van der Waals surface area contributed by atoms with Crippen LogP contribution < -0.4 is 10.9 Å². The fraction of sp³-hybridized carbons (Fsp3) is 0.286. The molecule has 0 bridgehead atoms. The van der Waals surface area contributed by atoms with Gasteiger partial charge >= 0.3 is 5.63 Å². The molecule has 1 amide bonds. The molecule has 0 aliphatic heterocycles. The van der Waals surface area contributed by atoms with Gasteiger partial charge in [0.1, 0.15) is 5.56 Å². The predicted molar refractivity (Wildman–Crippen MR) is 74.7 cm³/mol. The van der Waals surface area contributed by atoms with Crippen LogP contribution in [0.5, 0.6) is 0 Å². The van der Waals surface area contributed by atoms with Crippen LogP contribution in [-0.4, -0.2) is 12.5 Å². The van der Waals surface area contributed by atoms with Crippen molar-refractivity contribution >= 4 is 28.5 Å². The highest BCUT2D eigenvalue weighted by Gasteiger charge is 2.14. The van der Waals surface area contributed by atoms with Crippen molar-refractivity contribution in [2.45, 2.75) is 19.8 Å². The number of carbonyl (C=O) groups is 1. The summed E-state index contributed by atoms with van der Waals surface area (Å²) >= 11 is 5.93. The molecule has 5 heteroatoms. The highest BCUT2D eigenvalue weighted by atomic mass is 35.5. The Hall–Kier alpha value is -1.81. The minimum atomic E-state index is -0.672. The average molecular weight is 280 g/mol. The van der Waals surface area contributed by atoms with E-state index < -0.39 is 11.5 Å². The minimum Gasteiger partial charge on any atom is -0.421 e. The number of benzene rings is 1. The highest BCUT2D eigenvalue weighted by Crippen LogP contribution is 2.22. The Morgan fingerprint density at radius 3 is 2.95 bits per heavy atom. The molecule has 0 fully saturated rings. The van der Waals surface area contributed by atoms with Crippen LogP contribution in [0, 0.1) is 0 Å². The Labute approximate surface area is 115 Å². The molecule has 2 rings (SSSR count).